The number of rotatable bonds is 7. The van der Waals surface area contributed by atoms with Crippen LogP contribution in [0, 0.1) is 0 Å². The molecule has 0 aliphatic carbocycles. The van der Waals surface area contributed by atoms with E-state index in [2.05, 4.69) is 25.3 Å². The highest BCUT2D eigenvalue weighted by Gasteiger charge is 2.31. The Bertz CT molecular complexity index is 1310. The molecule has 0 bridgehead atoms. The smallest absolute Gasteiger partial charge is 0.423 e. The molecule has 0 radical (unpaired) electrons. The van der Waals surface area contributed by atoms with Gasteiger partial charge in [0.25, 0.3) is 5.91 Å². The fourth-order valence-corrected chi connectivity index (χ4v) is 3.12. The maximum atomic E-state index is 12.4. The van der Waals surface area contributed by atoms with E-state index in [1.54, 1.807) is 23.7 Å². The maximum Gasteiger partial charge on any atom is 0.573 e. The molecule has 0 fully saturated rings. The number of benzene rings is 2. The first-order chi connectivity index (χ1) is 15.7. The van der Waals surface area contributed by atoms with Gasteiger partial charge in [-0.05, 0) is 30.3 Å². The molecule has 174 valence electrons. The Kier molecular flexibility index (Phi) is 5.82. The second kappa shape index (κ2) is 8.60. The highest BCUT2D eigenvalue weighted by molar-refractivity contribution is 5.98. The molecule has 2 aromatic carbocycles. The third-order valence-corrected chi connectivity index (χ3v) is 4.73. The van der Waals surface area contributed by atoms with Crippen molar-refractivity contribution in [2.45, 2.75) is 12.4 Å². The van der Waals surface area contributed by atoms with E-state index in [0.29, 0.717) is 22.5 Å². The van der Waals surface area contributed by atoms with Crippen LogP contribution < -0.4 is 15.4 Å². The number of nitrogens with zero attached hydrogens (tertiary/aromatic N) is 3. The molecule has 0 atom stereocenters. The standard InChI is InChI=1S/C20H18F3N5O5/c1-28-15-5-2-10(17(31)24-11(8-29)9-30)6-14(15)25-18(28)27-19-26-13-4-3-12(7-16(13)32-19)33-20(21,22)23/h2-7,11,29-30H,8-9H2,1H3,(H,24,31)(H,25,26,27). The number of nitrogens with one attached hydrogen (secondary N) is 2. The van der Waals surface area contributed by atoms with E-state index in [1.165, 1.54) is 12.1 Å². The second-order valence-corrected chi connectivity index (χ2v) is 7.05. The molecule has 13 heteroatoms. The third kappa shape index (κ3) is 4.83. The van der Waals surface area contributed by atoms with Crippen LogP contribution in [0.2, 0.25) is 0 Å². The lowest BCUT2D eigenvalue weighted by molar-refractivity contribution is -0.274. The van der Waals surface area contributed by atoms with Gasteiger partial charge in [-0.15, -0.1) is 13.2 Å². The van der Waals surface area contributed by atoms with Gasteiger partial charge in [-0.3, -0.25) is 10.1 Å². The molecule has 0 aliphatic rings. The summed E-state index contributed by atoms with van der Waals surface area (Å²) < 4.78 is 48.3. The van der Waals surface area contributed by atoms with Crippen molar-refractivity contribution in [3.63, 3.8) is 0 Å². The van der Waals surface area contributed by atoms with Gasteiger partial charge in [-0.1, -0.05) is 0 Å². The van der Waals surface area contributed by atoms with Gasteiger partial charge < -0.3 is 29.3 Å². The number of amides is 1. The van der Waals surface area contributed by atoms with Crippen LogP contribution in [0.15, 0.2) is 40.8 Å². The number of aryl methyl sites for hydroxylation is 1. The summed E-state index contributed by atoms with van der Waals surface area (Å²) in [5.74, 6) is -0.610. The van der Waals surface area contributed by atoms with Gasteiger partial charge in [0.1, 0.15) is 11.3 Å². The van der Waals surface area contributed by atoms with Crippen molar-refractivity contribution < 1.29 is 37.3 Å². The normalized spacial score (nSPS) is 12.0. The van der Waals surface area contributed by atoms with Gasteiger partial charge in [-0.25, -0.2) is 4.98 Å². The van der Waals surface area contributed by atoms with Crippen molar-refractivity contribution in [2.75, 3.05) is 18.5 Å². The van der Waals surface area contributed by atoms with Crippen LogP contribution in [0.1, 0.15) is 10.4 Å². The van der Waals surface area contributed by atoms with Crippen LogP contribution in [-0.4, -0.2) is 56.3 Å². The number of hydrogen-bond donors (Lipinski definition) is 4. The average molecular weight is 465 g/mol. The first-order valence-electron chi connectivity index (χ1n) is 9.59. The summed E-state index contributed by atoms with van der Waals surface area (Å²) >= 11 is 0. The number of anilines is 2. The van der Waals surface area contributed by atoms with Crippen molar-refractivity contribution in [3.8, 4) is 5.75 Å². The molecular weight excluding hydrogens is 447 g/mol. The maximum absolute atomic E-state index is 12.4. The number of imidazole rings is 1. The summed E-state index contributed by atoms with van der Waals surface area (Å²) in [4.78, 5) is 20.9. The van der Waals surface area contributed by atoms with Gasteiger partial charge in [0.15, 0.2) is 5.58 Å². The zero-order chi connectivity index (χ0) is 23.8. The van der Waals surface area contributed by atoms with E-state index < -0.39 is 37.3 Å². The van der Waals surface area contributed by atoms with Gasteiger partial charge in [0.05, 0.1) is 30.3 Å². The lowest BCUT2D eigenvalue weighted by Gasteiger charge is -2.13. The Morgan fingerprint density at radius 1 is 1.15 bits per heavy atom. The van der Waals surface area contributed by atoms with E-state index in [9.17, 15) is 18.0 Å². The van der Waals surface area contributed by atoms with Crippen molar-refractivity contribution in [2.24, 2.45) is 7.05 Å². The Morgan fingerprint density at radius 3 is 2.61 bits per heavy atom. The van der Waals surface area contributed by atoms with E-state index in [0.717, 1.165) is 12.1 Å². The van der Waals surface area contributed by atoms with Gasteiger partial charge in [0.2, 0.25) is 5.95 Å². The molecule has 10 nitrogen and oxygen atoms in total. The highest BCUT2D eigenvalue weighted by atomic mass is 19.4. The Morgan fingerprint density at radius 2 is 1.91 bits per heavy atom. The predicted octanol–water partition coefficient (Wildman–Crippen LogP) is 2.44. The molecule has 0 unspecified atom stereocenters. The molecule has 0 saturated heterocycles. The number of fused-ring (bicyclic) bond motifs is 2. The fourth-order valence-electron chi connectivity index (χ4n) is 3.12. The molecule has 4 N–H and O–H groups in total. The number of carbonyl (C=O) groups excluding carboxylic acids is 1. The third-order valence-electron chi connectivity index (χ3n) is 4.73. The number of hydrogen-bond acceptors (Lipinski definition) is 8. The number of aliphatic hydroxyl groups excluding tert-OH is 2. The Labute approximate surface area is 183 Å². The van der Waals surface area contributed by atoms with Crippen LogP contribution >= 0.6 is 0 Å². The molecular formula is C20H18F3N5O5. The molecule has 33 heavy (non-hydrogen) atoms. The summed E-state index contributed by atoms with van der Waals surface area (Å²) in [5.41, 5.74) is 1.81. The number of aliphatic hydroxyl groups is 2. The zero-order valence-electron chi connectivity index (χ0n) is 17.1. The zero-order valence-corrected chi connectivity index (χ0v) is 17.1. The SMILES string of the molecule is Cn1c(Nc2nc3ccc(OC(F)(F)F)cc3o2)nc2cc(C(=O)NC(CO)CO)ccc21. The lowest BCUT2D eigenvalue weighted by atomic mass is 10.1. The molecule has 4 aromatic rings. The van der Waals surface area contributed by atoms with Crippen molar-refractivity contribution in [1.29, 1.82) is 0 Å². The van der Waals surface area contributed by atoms with E-state index in [4.69, 9.17) is 14.6 Å². The topological polar surface area (TPSA) is 135 Å². The Hall–Kier alpha value is -3.84. The van der Waals surface area contributed by atoms with Crippen molar-refractivity contribution in [3.05, 3.63) is 42.0 Å². The fraction of sp³-hybridized carbons (Fsp3) is 0.250. The summed E-state index contributed by atoms with van der Waals surface area (Å²) in [5, 5.41) is 23.6. The van der Waals surface area contributed by atoms with E-state index in [-0.39, 0.29) is 17.2 Å². The molecule has 4 rings (SSSR count). The Balaban J connectivity index is 1.57. The molecule has 0 spiro atoms. The summed E-state index contributed by atoms with van der Waals surface area (Å²) in [6.07, 6.45) is -4.82. The van der Waals surface area contributed by atoms with Crippen LogP contribution in [0.3, 0.4) is 0 Å². The molecule has 2 heterocycles. The molecule has 2 aromatic heterocycles. The van der Waals surface area contributed by atoms with Gasteiger partial charge in [-0.2, -0.15) is 4.98 Å². The van der Waals surface area contributed by atoms with E-state index in [1.807, 2.05) is 0 Å². The lowest BCUT2D eigenvalue weighted by Crippen LogP contribution is -2.40. The molecule has 1 amide bonds. The number of carbonyl (C=O) groups is 1. The molecule has 0 saturated carbocycles. The van der Waals surface area contributed by atoms with Gasteiger partial charge >= 0.3 is 12.4 Å². The number of oxazole rings is 1. The monoisotopic (exact) mass is 465 g/mol. The first-order valence-corrected chi connectivity index (χ1v) is 9.59. The van der Waals surface area contributed by atoms with Crippen molar-refractivity contribution in [1.82, 2.24) is 19.9 Å². The second-order valence-electron chi connectivity index (χ2n) is 7.05. The summed E-state index contributed by atoms with van der Waals surface area (Å²) in [6, 6.07) is 7.52. The number of halogens is 3. The quantitative estimate of drug-likeness (QED) is 0.327. The average Bonchev–Trinajstić information content (AvgIpc) is 3.30. The van der Waals surface area contributed by atoms with Crippen LogP contribution in [-0.2, 0) is 7.05 Å². The number of alkyl halides is 3. The molecule has 0 aliphatic heterocycles. The van der Waals surface area contributed by atoms with Crippen molar-refractivity contribution >= 4 is 40.0 Å². The minimum atomic E-state index is -4.82. The summed E-state index contributed by atoms with van der Waals surface area (Å²) in [7, 11) is 1.71. The largest absolute Gasteiger partial charge is 0.573 e. The number of ether oxygens (including phenoxy) is 1. The van der Waals surface area contributed by atoms with E-state index >= 15 is 0 Å². The predicted molar refractivity (Wildman–Crippen MR) is 110 cm³/mol. The number of aromatic nitrogens is 3. The first kappa shape index (κ1) is 22.4. The minimum absolute atomic E-state index is 0.000681. The summed E-state index contributed by atoms with van der Waals surface area (Å²) in [6.45, 7) is -0.813. The van der Waals surface area contributed by atoms with Crippen LogP contribution in [0.5, 0.6) is 5.75 Å². The minimum Gasteiger partial charge on any atom is -0.423 e. The van der Waals surface area contributed by atoms with Crippen LogP contribution in [0.4, 0.5) is 25.1 Å². The van der Waals surface area contributed by atoms with Crippen LogP contribution in [0.25, 0.3) is 22.1 Å². The highest BCUT2D eigenvalue weighted by Crippen LogP contribution is 2.29. The van der Waals surface area contributed by atoms with Gasteiger partial charge in [0, 0.05) is 18.7 Å².